The molecule has 0 bridgehead atoms. The van der Waals surface area contributed by atoms with E-state index in [1.165, 1.54) is 17.0 Å². The number of anilines is 3. The van der Waals surface area contributed by atoms with Gasteiger partial charge in [0.2, 0.25) is 6.41 Å². The molecule has 3 aromatic carbocycles. The van der Waals surface area contributed by atoms with E-state index in [9.17, 15) is 8.78 Å². The molecule has 5 nitrogen and oxygen atoms in total. The molecular weight excluding hydrogens is 430 g/mol. The first-order chi connectivity index (χ1) is 15.6. The van der Waals surface area contributed by atoms with Gasteiger partial charge >= 0.3 is 0 Å². The van der Waals surface area contributed by atoms with E-state index in [0.29, 0.717) is 12.1 Å². The van der Waals surface area contributed by atoms with Gasteiger partial charge in [-0.3, -0.25) is 4.79 Å². The van der Waals surface area contributed by atoms with Crippen LogP contribution in [0.15, 0.2) is 71.8 Å². The molecule has 0 spiro atoms. The predicted molar refractivity (Wildman–Crippen MR) is 126 cm³/mol. The van der Waals surface area contributed by atoms with Gasteiger partial charge < -0.3 is 20.9 Å². The lowest BCUT2D eigenvalue weighted by atomic mass is 10.1. The van der Waals surface area contributed by atoms with Crippen LogP contribution in [0.1, 0.15) is 5.56 Å². The Hall–Kier alpha value is -3.52. The summed E-state index contributed by atoms with van der Waals surface area (Å²) in [5.41, 5.74) is 8.96. The number of hydrogen-bond donors (Lipinski definition) is 3. The van der Waals surface area contributed by atoms with Crippen LogP contribution < -0.4 is 16.0 Å². The molecule has 0 saturated carbocycles. The smallest absolute Gasteiger partial charge is 0.204 e. The summed E-state index contributed by atoms with van der Waals surface area (Å²) in [7, 11) is 0. The van der Waals surface area contributed by atoms with Crippen molar-refractivity contribution in [3.63, 3.8) is 0 Å². The summed E-state index contributed by atoms with van der Waals surface area (Å²) in [6, 6.07) is 18.1. The Balaban J connectivity index is 0.000000775. The third kappa shape index (κ3) is 4.86. The number of para-hydroxylation sites is 1. The number of carbonyl (C=O) groups is 1. The minimum absolute atomic E-state index is 0.250. The number of nitrogens with two attached hydrogens (primary N) is 1. The Morgan fingerprint density at radius 3 is 2.62 bits per heavy atom. The highest BCUT2D eigenvalue weighted by Crippen LogP contribution is 2.38. The highest BCUT2D eigenvalue weighted by Gasteiger charge is 2.19. The first-order valence-corrected chi connectivity index (χ1v) is 11.0. The van der Waals surface area contributed by atoms with Crippen molar-refractivity contribution in [1.82, 2.24) is 4.98 Å². The second-order valence-corrected chi connectivity index (χ2v) is 8.38. The molecule has 32 heavy (non-hydrogen) atoms. The van der Waals surface area contributed by atoms with Crippen LogP contribution in [0.3, 0.4) is 0 Å². The van der Waals surface area contributed by atoms with Crippen molar-refractivity contribution >= 4 is 46.1 Å². The van der Waals surface area contributed by atoms with Crippen molar-refractivity contribution < 1.29 is 13.6 Å². The quantitative estimate of drug-likeness (QED) is 0.362. The summed E-state index contributed by atoms with van der Waals surface area (Å²) in [5, 5.41) is 4.62. The molecule has 1 aliphatic rings. The molecule has 8 heteroatoms. The van der Waals surface area contributed by atoms with Crippen LogP contribution in [0.4, 0.5) is 25.8 Å². The van der Waals surface area contributed by atoms with E-state index in [-0.39, 0.29) is 6.41 Å². The van der Waals surface area contributed by atoms with Gasteiger partial charge in [0.15, 0.2) is 0 Å². The average Bonchev–Trinajstić information content (AvgIpc) is 3.17. The van der Waals surface area contributed by atoms with Crippen LogP contribution in [-0.2, 0) is 11.3 Å². The SMILES string of the molecule is Fc1cc(F)cc(CN2CCSc3ccc(Nc4c[nH]c5ccccc45)cc32)c1.NC=O. The monoisotopic (exact) mass is 452 g/mol. The molecule has 164 valence electrons. The number of H-pyrrole nitrogens is 1. The Morgan fingerprint density at radius 2 is 1.84 bits per heavy atom. The number of nitrogens with zero attached hydrogens (tertiary/aromatic N) is 1. The van der Waals surface area contributed by atoms with E-state index in [1.54, 1.807) is 11.8 Å². The molecule has 2 heterocycles. The summed E-state index contributed by atoms with van der Waals surface area (Å²) >= 11 is 1.80. The Morgan fingerprint density at radius 1 is 1.09 bits per heavy atom. The Kier molecular flexibility index (Phi) is 6.61. The average molecular weight is 453 g/mol. The number of aromatic amines is 1. The second-order valence-electron chi connectivity index (χ2n) is 7.24. The van der Waals surface area contributed by atoms with Crippen LogP contribution in [0.2, 0.25) is 0 Å². The number of nitrogens with one attached hydrogen (secondary N) is 2. The van der Waals surface area contributed by atoms with Gasteiger partial charge in [0, 0.05) is 52.6 Å². The Bertz CT molecular complexity index is 1220. The lowest BCUT2D eigenvalue weighted by Crippen LogP contribution is -2.28. The van der Waals surface area contributed by atoms with Gasteiger partial charge in [-0.15, -0.1) is 11.8 Å². The molecule has 5 rings (SSSR count). The van der Waals surface area contributed by atoms with Crippen LogP contribution >= 0.6 is 11.8 Å². The number of fused-ring (bicyclic) bond motifs is 2. The van der Waals surface area contributed by atoms with Gasteiger partial charge in [0.25, 0.3) is 0 Å². The zero-order chi connectivity index (χ0) is 22.5. The number of rotatable bonds is 4. The van der Waals surface area contributed by atoms with Crippen LogP contribution in [-0.4, -0.2) is 23.7 Å². The zero-order valence-electron chi connectivity index (χ0n) is 17.1. The van der Waals surface area contributed by atoms with E-state index in [4.69, 9.17) is 4.79 Å². The van der Waals surface area contributed by atoms with E-state index >= 15 is 0 Å². The summed E-state index contributed by atoms with van der Waals surface area (Å²) in [5.74, 6) is -0.136. The molecule has 0 atom stereocenters. The first kappa shape index (κ1) is 21.7. The fraction of sp³-hybridized carbons (Fsp3) is 0.125. The highest BCUT2D eigenvalue weighted by molar-refractivity contribution is 7.99. The maximum absolute atomic E-state index is 13.6. The topological polar surface area (TPSA) is 74.2 Å². The highest BCUT2D eigenvalue weighted by atomic mass is 32.2. The van der Waals surface area contributed by atoms with Gasteiger partial charge in [0.1, 0.15) is 11.6 Å². The maximum atomic E-state index is 13.6. The van der Waals surface area contributed by atoms with E-state index in [1.807, 2.05) is 24.4 Å². The van der Waals surface area contributed by atoms with Crippen molar-refractivity contribution in [3.05, 3.63) is 84.1 Å². The molecule has 1 aliphatic heterocycles. The van der Waals surface area contributed by atoms with Crippen molar-refractivity contribution in [1.29, 1.82) is 0 Å². The lowest BCUT2D eigenvalue weighted by Gasteiger charge is -2.31. The van der Waals surface area contributed by atoms with Crippen LogP contribution in [0, 0.1) is 11.6 Å². The molecule has 4 N–H and O–H groups in total. The summed E-state index contributed by atoms with van der Waals surface area (Å²) < 4.78 is 27.2. The van der Waals surface area contributed by atoms with E-state index < -0.39 is 11.6 Å². The number of carbonyl (C=O) groups excluding carboxylic acids is 1. The van der Waals surface area contributed by atoms with Crippen LogP contribution in [0.25, 0.3) is 10.9 Å². The lowest BCUT2D eigenvalue weighted by molar-refractivity contribution is -0.106. The van der Waals surface area contributed by atoms with Crippen molar-refractivity contribution in [2.45, 2.75) is 11.4 Å². The number of thioether (sulfide) groups is 1. The van der Waals surface area contributed by atoms with Gasteiger partial charge in [-0.25, -0.2) is 8.78 Å². The van der Waals surface area contributed by atoms with Gasteiger partial charge in [-0.05, 0) is 42.0 Å². The number of hydrogen-bond acceptors (Lipinski definition) is 4. The number of aromatic nitrogens is 1. The summed E-state index contributed by atoms with van der Waals surface area (Å²) in [4.78, 5) is 15.2. The molecule has 0 aliphatic carbocycles. The maximum Gasteiger partial charge on any atom is 0.204 e. The molecule has 0 fully saturated rings. The fourth-order valence-electron chi connectivity index (χ4n) is 3.77. The van der Waals surface area contributed by atoms with Crippen molar-refractivity contribution in [2.24, 2.45) is 5.73 Å². The zero-order valence-corrected chi connectivity index (χ0v) is 18.0. The molecule has 1 amide bonds. The number of amides is 1. The van der Waals surface area contributed by atoms with Crippen molar-refractivity contribution in [3.8, 4) is 0 Å². The van der Waals surface area contributed by atoms with E-state index in [0.717, 1.165) is 46.3 Å². The summed E-state index contributed by atoms with van der Waals surface area (Å²) in [6.07, 6.45) is 2.21. The van der Waals surface area contributed by atoms with Crippen LogP contribution in [0.5, 0.6) is 0 Å². The number of halogens is 2. The molecule has 0 unspecified atom stereocenters. The molecule has 1 aromatic heterocycles. The summed E-state index contributed by atoms with van der Waals surface area (Å²) in [6.45, 7) is 1.30. The van der Waals surface area contributed by atoms with Gasteiger partial charge in [-0.1, -0.05) is 18.2 Å². The third-order valence-electron chi connectivity index (χ3n) is 5.08. The standard InChI is InChI=1S/C23H19F2N3S.CH3NO/c24-16-9-15(10-17(25)11-16)14-28-7-8-29-23-6-5-18(12-22(23)28)27-21-13-26-20-4-2-1-3-19(20)21;2-1-3/h1-6,9-13,26-27H,7-8,14H2;1H,(H2,2,3). The normalized spacial score (nSPS) is 12.6. The van der Waals surface area contributed by atoms with Gasteiger partial charge in [0.05, 0.1) is 11.4 Å². The molecule has 4 aromatic rings. The van der Waals surface area contributed by atoms with Crippen molar-refractivity contribution in [2.75, 3.05) is 22.5 Å². The molecule has 0 saturated heterocycles. The minimum atomic E-state index is -0.540. The fourth-order valence-corrected chi connectivity index (χ4v) is 4.80. The number of benzene rings is 3. The van der Waals surface area contributed by atoms with Gasteiger partial charge in [-0.2, -0.15) is 0 Å². The number of primary amides is 1. The first-order valence-electron chi connectivity index (χ1n) is 10.0. The van der Waals surface area contributed by atoms with E-state index in [2.05, 4.69) is 45.2 Å². The second kappa shape index (κ2) is 9.74. The minimum Gasteiger partial charge on any atom is -0.372 e. The Labute approximate surface area is 188 Å². The largest absolute Gasteiger partial charge is 0.372 e. The predicted octanol–water partition coefficient (Wildman–Crippen LogP) is 5.40. The molecular formula is C24H22F2N4OS. The molecule has 0 radical (unpaired) electrons. The third-order valence-corrected chi connectivity index (χ3v) is 6.13.